The Morgan fingerprint density at radius 2 is 1.95 bits per heavy atom. The second-order valence-corrected chi connectivity index (χ2v) is 5.91. The molecule has 0 bridgehead atoms. The van der Waals surface area contributed by atoms with Crippen LogP contribution in [0.5, 0.6) is 0 Å². The normalized spacial score (nSPS) is 28.5. The van der Waals surface area contributed by atoms with Gasteiger partial charge in [-0.25, -0.2) is 0 Å². The van der Waals surface area contributed by atoms with E-state index in [0.29, 0.717) is 12.1 Å². The summed E-state index contributed by atoms with van der Waals surface area (Å²) in [7, 11) is 2.10. The summed E-state index contributed by atoms with van der Waals surface area (Å²) in [4.78, 5) is 2.67. The molecule has 0 aliphatic carbocycles. The molecule has 2 nitrogen and oxygen atoms in total. The van der Waals surface area contributed by atoms with Gasteiger partial charge in [0.1, 0.15) is 0 Å². The molecular formula is C17H28N2. The van der Waals surface area contributed by atoms with Crippen LogP contribution >= 0.6 is 0 Å². The van der Waals surface area contributed by atoms with E-state index in [1.165, 1.54) is 37.9 Å². The topological polar surface area (TPSA) is 15.3 Å². The molecule has 1 aromatic rings. The predicted molar refractivity (Wildman–Crippen MR) is 82.4 cm³/mol. The number of rotatable bonds is 5. The van der Waals surface area contributed by atoms with E-state index in [1.54, 1.807) is 0 Å². The minimum Gasteiger partial charge on any atom is -0.317 e. The molecule has 1 N–H and O–H groups in total. The predicted octanol–water partition coefficient (Wildman–Crippen LogP) is 2.94. The van der Waals surface area contributed by atoms with E-state index in [0.717, 1.165) is 5.92 Å². The van der Waals surface area contributed by atoms with Gasteiger partial charge in [-0.2, -0.15) is 0 Å². The third-order valence-electron chi connectivity index (χ3n) is 4.82. The molecule has 1 aliphatic rings. The molecule has 1 heterocycles. The van der Waals surface area contributed by atoms with E-state index in [1.807, 2.05) is 0 Å². The molecule has 0 amide bonds. The van der Waals surface area contributed by atoms with Crippen LogP contribution in [-0.4, -0.2) is 37.1 Å². The molecule has 0 radical (unpaired) electrons. The Morgan fingerprint density at radius 3 is 2.63 bits per heavy atom. The molecule has 2 rings (SSSR count). The van der Waals surface area contributed by atoms with E-state index in [-0.39, 0.29) is 0 Å². The summed E-state index contributed by atoms with van der Waals surface area (Å²) in [5, 5.41) is 3.46. The van der Waals surface area contributed by atoms with Crippen LogP contribution in [0.2, 0.25) is 0 Å². The summed E-state index contributed by atoms with van der Waals surface area (Å²) in [5.74, 6) is 0.746. The molecule has 1 saturated heterocycles. The summed E-state index contributed by atoms with van der Waals surface area (Å²) in [5.41, 5.74) is 1.47. The van der Waals surface area contributed by atoms with Gasteiger partial charge in [0.15, 0.2) is 0 Å². The van der Waals surface area contributed by atoms with Crippen molar-refractivity contribution in [3.63, 3.8) is 0 Å². The van der Waals surface area contributed by atoms with Crippen molar-refractivity contribution in [1.29, 1.82) is 0 Å². The van der Waals surface area contributed by atoms with Crippen LogP contribution in [-0.2, 0) is 6.42 Å². The zero-order chi connectivity index (χ0) is 13.7. The molecule has 3 unspecified atom stereocenters. The van der Waals surface area contributed by atoms with Crippen molar-refractivity contribution in [2.24, 2.45) is 5.92 Å². The largest absolute Gasteiger partial charge is 0.317 e. The quantitative estimate of drug-likeness (QED) is 0.875. The summed E-state index contributed by atoms with van der Waals surface area (Å²) in [6.45, 7) is 7.24. The molecular weight excluding hydrogens is 232 g/mol. The van der Waals surface area contributed by atoms with Gasteiger partial charge < -0.3 is 10.2 Å². The second-order valence-electron chi connectivity index (χ2n) is 5.91. The van der Waals surface area contributed by atoms with Gasteiger partial charge in [-0.1, -0.05) is 37.3 Å². The van der Waals surface area contributed by atoms with Gasteiger partial charge in [0.05, 0.1) is 0 Å². The van der Waals surface area contributed by atoms with Crippen molar-refractivity contribution in [3.05, 3.63) is 35.9 Å². The lowest BCUT2D eigenvalue weighted by atomic mass is 9.87. The average Bonchev–Trinajstić information content (AvgIpc) is 2.45. The molecule has 0 aromatic heterocycles. The lowest BCUT2D eigenvalue weighted by Gasteiger charge is -2.42. The Bertz CT molecular complexity index is 363. The minimum absolute atomic E-state index is 0.695. The fourth-order valence-electron chi connectivity index (χ4n) is 3.29. The molecule has 0 spiro atoms. The molecule has 3 atom stereocenters. The van der Waals surface area contributed by atoms with Gasteiger partial charge in [-0.3, -0.25) is 0 Å². The van der Waals surface area contributed by atoms with Crippen LogP contribution in [0.3, 0.4) is 0 Å². The maximum absolute atomic E-state index is 3.46. The van der Waals surface area contributed by atoms with Crippen LogP contribution in [0.1, 0.15) is 32.3 Å². The van der Waals surface area contributed by atoms with Gasteiger partial charge in [-0.15, -0.1) is 0 Å². The first-order chi connectivity index (χ1) is 9.22. The van der Waals surface area contributed by atoms with Crippen LogP contribution in [0.4, 0.5) is 0 Å². The molecule has 106 valence electrons. The zero-order valence-corrected chi connectivity index (χ0v) is 12.6. The monoisotopic (exact) mass is 260 g/mol. The van der Waals surface area contributed by atoms with Crippen molar-refractivity contribution in [2.45, 2.75) is 45.2 Å². The molecule has 0 saturated carbocycles. The van der Waals surface area contributed by atoms with E-state index in [4.69, 9.17) is 0 Å². The van der Waals surface area contributed by atoms with Crippen molar-refractivity contribution in [3.8, 4) is 0 Å². The van der Waals surface area contributed by atoms with E-state index in [9.17, 15) is 0 Å². The lowest BCUT2D eigenvalue weighted by Crippen LogP contribution is -2.52. The lowest BCUT2D eigenvalue weighted by molar-refractivity contribution is 0.0868. The maximum Gasteiger partial charge on any atom is 0.0117 e. The summed E-state index contributed by atoms with van der Waals surface area (Å²) >= 11 is 0. The number of benzene rings is 1. The molecule has 2 heteroatoms. The number of piperidine rings is 1. The first-order valence-electron chi connectivity index (χ1n) is 7.67. The highest BCUT2D eigenvalue weighted by atomic mass is 15.2. The van der Waals surface area contributed by atoms with E-state index < -0.39 is 0 Å². The maximum atomic E-state index is 3.46. The van der Waals surface area contributed by atoms with Crippen molar-refractivity contribution >= 4 is 0 Å². The van der Waals surface area contributed by atoms with Crippen LogP contribution in [0, 0.1) is 5.92 Å². The summed E-state index contributed by atoms with van der Waals surface area (Å²) in [6.07, 6.45) is 3.76. The van der Waals surface area contributed by atoms with Gasteiger partial charge >= 0.3 is 0 Å². The number of hydrogen-bond donors (Lipinski definition) is 1. The Balaban J connectivity index is 1.77. The molecule has 1 fully saturated rings. The SMILES string of the molecule is CNC1CCN(CCCc2ccccc2)C(C)C1C. The van der Waals surface area contributed by atoms with Gasteiger partial charge in [0.2, 0.25) is 0 Å². The summed E-state index contributed by atoms with van der Waals surface area (Å²) in [6, 6.07) is 12.2. The number of aryl methyl sites for hydroxylation is 1. The van der Waals surface area contributed by atoms with Crippen LogP contribution < -0.4 is 5.32 Å². The van der Waals surface area contributed by atoms with Crippen molar-refractivity contribution < 1.29 is 0 Å². The molecule has 19 heavy (non-hydrogen) atoms. The first kappa shape index (κ1) is 14.5. The second kappa shape index (κ2) is 7.06. The molecule has 1 aliphatic heterocycles. The fourth-order valence-corrected chi connectivity index (χ4v) is 3.29. The van der Waals surface area contributed by atoms with E-state index in [2.05, 4.69) is 61.4 Å². The van der Waals surface area contributed by atoms with Gasteiger partial charge in [0.25, 0.3) is 0 Å². The van der Waals surface area contributed by atoms with E-state index >= 15 is 0 Å². The Morgan fingerprint density at radius 1 is 1.21 bits per heavy atom. The van der Waals surface area contributed by atoms with Crippen LogP contribution in [0.15, 0.2) is 30.3 Å². The highest BCUT2D eigenvalue weighted by Crippen LogP contribution is 2.23. The Labute approximate surface area is 118 Å². The van der Waals surface area contributed by atoms with Gasteiger partial charge in [-0.05, 0) is 57.8 Å². The third kappa shape index (κ3) is 3.80. The number of likely N-dealkylation sites (tertiary alicyclic amines) is 1. The Hall–Kier alpha value is -0.860. The first-order valence-corrected chi connectivity index (χ1v) is 7.67. The fraction of sp³-hybridized carbons (Fsp3) is 0.647. The van der Waals surface area contributed by atoms with Crippen molar-refractivity contribution in [1.82, 2.24) is 10.2 Å². The highest BCUT2D eigenvalue weighted by molar-refractivity contribution is 5.14. The molecule has 1 aromatic carbocycles. The number of hydrogen-bond acceptors (Lipinski definition) is 2. The van der Waals surface area contributed by atoms with Crippen molar-refractivity contribution in [2.75, 3.05) is 20.1 Å². The number of nitrogens with zero attached hydrogens (tertiary/aromatic N) is 1. The summed E-state index contributed by atoms with van der Waals surface area (Å²) < 4.78 is 0. The van der Waals surface area contributed by atoms with Gasteiger partial charge in [0, 0.05) is 12.1 Å². The smallest absolute Gasteiger partial charge is 0.0117 e. The number of nitrogens with one attached hydrogen (secondary N) is 1. The average molecular weight is 260 g/mol. The van der Waals surface area contributed by atoms with Crippen LogP contribution in [0.25, 0.3) is 0 Å². The third-order valence-corrected chi connectivity index (χ3v) is 4.82. The standard InChI is InChI=1S/C17H28N2/c1-14-15(2)19(13-11-17(14)18-3)12-7-10-16-8-5-4-6-9-16/h4-6,8-9,14-15,17-18H,7,10-13H2,1-3H3. The minimum atomic E-state index is 0.695. The zero-order valence-electron chi connectivity index (χ0n) is 12.6. The Kier molecular flexibility index (Phi) is 5.41. The highest BCUT2D eigenvalue weighted by Gasteiger charge is 2.30.